The van der Waals surface area contributed by atoms with E-state index >= 15 is 0 Å². The second kappa shape index (κ2) is 20.0. The van der Waals surface area contributed by atoms with Crippen molar-refractivity contribution < 1.29 is 45.8 Å². The first-order valence-electron chi connectivity index (χ1n) is 7.39. The number of carbonyl (C=O) groups excluding carboxylic acids is 6. The minimum atomic E-state index is -0.545. The van der Waals surface area contributed by atoms with Crippen molar-refractivity contribution >= 4 is 35.1 Å². The Morgan fingerprint density at radius 1 is 0.520 bits per heavy atom. The molecule has 0 saturated heterocycles. The second-order valence-corrected chi connectivity index (χ2v) is 4.61. The first-order valence-corrected chi connectivity index (χ1v) is 7.39. The van der Waals surface area contributed by atoms with Crippen LogP contribution in [0.3, 0.4) is 0 Å². The van der Waals surface area contributed by atoms with Gasteiger partial charge in [0.25, 0.3) is 0 Å². The van der Waals surface area contributed by atoms with Gasteiger partial charge >= 0.3 is 0 Å². The zero-order chi connectivity index (χ0) is 19.7. The van der Waals surface area contributed by atoms with Gasteiger partial charge in [0.1, 0.15) is 17.3 Å². The van der Waals surface area contributed by atoms with Crippen LogP contribution in [0.2, 0.25) is 0 Å². The summed E-state index contributed by atoms with van der Waals surface area (Å²) in [6, 6.07) is 0. The third-order valence-electron chi connectivity index (χ3n) is 2.30. The van der Waals surface area contributed by atoms with E-state index in [2.05, 4.69) is 0 Å². The van der Waals surface area contributed by atoms with Gasteiger partial charge in [-0.1, -0.05) is 20.8 Å². The summed E-state index contributed by atoms with van der Waals surface area (Å²) in [7, 11) is 0. The zero-order valence-electron chi connectivity index (χ0n) is 14.8. The third-order valence-corrected chi connectivity index (χ3v) is 2.30. The van der Waals surface area contributed by atoms with Gasteiger partial charge in [0.2, 0.25) is 17.7 Å². The standard InChI is InChI=1S/3C5H9NO2.Fe/c3*1-2-4(7)3-5(6)8;/h3*2-3H2,1H3,(H2,6,8);. The number of hydrogen-bond acceptors (Lipinski definition) is 6. The molecule has 0 atom stereocenters. The molecule has 0 fully saturated rings. The van der Waals surface area contributed by atoms with Gasteiger partial charge in [-0.15, -0.1) is 0 Å². The number of amides is 3. The number of carbonyl (C=O) groups is 6. The SMILES string of the molecule is CCC(=O)CC(N)=O.CCC(=O)CC(N)=O.CCC(=O)CC(N)=O.[Fe]. The largest absolute Gasteiger partial charge is 0.369 e. The fraction of sp³-hybridized carbons (Fsp3) is 0.600. The molecule has 0 unspecified atom stereocenters. The van der Waals surface area contributed by atoms with Crippen LogP contribution in [0.4, 0.5) is 0 Å². The summed E-state index contributed by atoms with van der Waals surface area (Å²) in [6.45, 7) is 5.10. The Labute approximate surface area is 157 Å². The quantitative estimate of drug-likeness (QED) is 0.346. The Morgan fingerprint density at radius 2 is 0.680 bits per heavy atom. The van der Waals surface area contributed by atoms with Gasteiger partial charge in [-0.05, 0) is 0 Å². The monoisotopic (exact) mass is 401 g/mol. The number of rotatable bonds is 9. The number of ketones is 3. The second-order valence-electron chi connectivity index (χ2n) is 4.61. The number of hydrogen-bond donors (Lipinski definition) is 3. The predicted octanol–water partition coefficient (Wildman–Crippen LogP) is -0.480. The maximum absolute atomic E-state index is 10.3. The average Bonchev–Trinajstić information content (AvgIpc) is 2.46. The number of primary amides is 3. The Hall–Kier alpha value is -2.06. The van der Waals surface area contributed by atoms with Crippen molar-refractivity contribution in [3.63, 3.8) is 0 Å². The Kier molecular flexibility index (Phi) is 24.6. The molecule has 0 aliphatic heterocycles. The van der Waals surface area contributed by atoms with Crippen molar-refractivity contribution in [2.45, 2.75) is 59.3 Å². The molecule has 0 bridgehead atoms. The summed E-state index contributed by atoms with van der Waals surface area (Å²) in [5.41, 5.74) is 14.1. The van der Waals surface area contributed by atoms with Crippen LogP contribution in [0.1, 0.15) is 59.3 Å². The first kappa shape index (κ1) is 30.8. The molecule has 0 aliphatic carbocycles. The summed E-state index contributed by atoms with van der Waals surface area (Å²) < 4.78 is 0. The zero-order valence-corrected chi connectivity index (χ0v) is 15.9. The topological polar surface area (TPSA) is 180 Å². The molecule has 0 heterocycles. The van der Waals surface area contributed by atoms with Crippen LogP contribution >= 0.6 is 0 Å². The summed E-state index contributed by atoms with van der Waals surface area (Å²) in [5.74, 6) is -1.93. The van der Waals surface area contributed by atoms with Crippen molar-refractivity contribution in [2.75, 3.05) is 0 Å². The molecular formula is C15H27FeN3O6. The van der Waals surface area contributed by atoms with E-state index in [4.69, 9.17) is 17.2 Å². The van der Waals surface area contributed by atoms with E-state index < -0.39 is 17.7 Å². The molecule has 0 aliphatic rings. The van der Waals surface area contributed by atoms with E-state index in [0.29, 0.717) is 19.3 Å². The van der Waals surface area contributed by atoms with Crippen LogP contribution in [-0.4, -0.2) is 35.1 Å². The molecule has 0 aromatic heterocycles. The Balaban J connectivity index is -0.000000130. The van der Waals surface area contributed by atoms with E-state index in [-0.39, 0.29) is 53.7 Å². The van der Waals surface area contributed by atoms with E-state index in [0.717, 1.165) is 0 Å². The van der Waals surface area contributed by atoms with Crippen LogP contribution in [0.15, 0.2) is 0 Å². The molecule has 0 saturated carbocycles. The van der Waals surface area contributed by atoms with Crippen LogP contribution in [0.5, 0.6) is 0 Å². The van der Waals surface area contributed by atoms with Crippen LogP contribution in [0, 0.1) is 0 Å². The minimum absolute atomic E-state index is 0. The molecule has 0 aromatic carbocycles. The maximum atomic E-state index is 10.3. The molecule has 0 spiro atoms. The molecule has 9 nitrogen and oxygen atoms in total. The van der Waals surface area contributed by atoms with Crippen molar-refractivity contribution in [3.05, 3.63) is 0 Å². The fourth-order valence-electron chi connectivity index (χ4n) is 0.958. The van der Waals surface area contributed by atoms with Gasteiger partial charge in [0.05, 0.1) is 19.3 Å². The minimum Gasteiger partial charge on any atom is -0.369 e. The van der Waals surface area contributed by atoms with Gasteiger partial charge < -0.3 is 17.2 Å². The molecule has 0 rings (SSSR count). The summed E-state index contributed by atoms with van der Waals surface area (Å²) in [4.78, 5) is 60.9. The van der Waals surface area contributed by atoms with E-state index in [1.165, 1.54) is 0 Å². The fourth-order valence-corrected chi connectivity index (χ4v) is 0.958. The van der Waals surface area contributed by atoms with Crippen LogP contribution < -0.4 is 17.2 Å². The van der Waals surface area contributed by atoms with Crippen LogP contribution in [0.25, 0.3) is 0 Å². The van der Waals surface area contributed by atoms with Gasteiger partial charge in [-0.2, -0.15) is 0 Å². The maximum Gasteiger partial charge on any atom is 0.224 e. The molecule has 6 N–H and O–H groups in total. The number of Topliss-reactive ketones (excluding diaryl/α,β-unsaturated/α-hetero) is 3. The molecule has 25 heavy (non-hydrogen) atoms. The van der Waals surface area contributed by atoms with Crippen LogP contribution in [-0.2, 0) is 45.8 Å². The average molecular weight is 401 g/mol. The molecule has 3 amide bonds. The summed E-state index contributed by atoms with van der Waals surface area (Å²) in [6.07, 6.45) is 0.832. The predicted molar refractivity (Wildman–Crippen MR) is 87.3 cm³/mol. The Morgan fingerprint density at radius 3 is 0.720 bits per heavy atom. The summed E-state index contributed by atoms with van der Waals surface area (Å²) in [5, 5.41) is 0. The van der Waals surface area contributed by atoms with Gasteiger partial charge in [-0.3, -0.25) is 28.8 Å². The summed E-state index contributed by atoms with van der Waals surface area (Å²) >= 11 is 0. The molecule has 146 valence electrons. The molecule has 0 aromatic rings. The first-order chi connectivity index (χ1) is 11.0. The van der Waals surface area contributed by atoms with Crippen molar-refractivity contribution in [2.24, 2.45) is 17.2 Å². The molecule has 0 radical (unpaired) electrons. The smallest absolute Gasteiger partial charge is 0.224 e. The van der Waals surface area contributed by atoms with Crippen molar-refractivity contribution in [1.82, 2.24) is 0 Å². The van der Waals surface area contributed by atoms with E-state index in [1.807, 2.05) is 0 Å². The molecular weight excluding hydrogens is 374 g/mol. The molecule has 10 heteroatoms. The Bertz CT molecular complexity index is 400. The normalized spacial score (nSPS) is 8.28. The third kappa shape index (κ3) is 34.3. The van der Waals surface area contributed by atoms with E-state index in [9.17, 15) is 28.8 Å². The van der Waals surface area contributed by atoms with Gasteiger partial charge in [-0.25, -0.2) is 0 Å². The number of nitrogens with two attached hydrogens (primary N) is 3. The van der Waals surface area contributed by atoms with E-state index in [1.54, 1.807) is 20.8 Å². The van der Waals surface area contributed by atoms with Crippen molar-refractivity contribution in [1.29, 1.82) is 0 Å². The van der Waals surface area contributed by atoms with Crippen molar-refractivity contribution in [3.8, 4) is 0 Å². The van der Waals surface area contributed by atoms with Gasteiger partial charge in [0, 0.05) is 36.3 Å². The van der Waals surface area contributed by atoms with Gasteiger partial charge in [0.15, 0.2) is 0 Å².